The largest absolute Gasteiger partial charge is 0.340 e. The first-order chi connectivity index (χ1) is 16.4. The predicted molar refractivity (Wildman–Crippen MR) is 132 cm³/mol. The lowest BCUT2D eigenvalue weighted by Gasteiger charge is -2.46. The van der Waals surface area contributed by atoms with Gasteiger partial charge in [-0.3, -0.25) is 9.69 Å². The smallest absolute Gasteiger partial charge is 0.243 e. The number of carbonyl (C=O) groups is 1. The molecule has 0 spiro atoms. The second-order valence-electron chi connectivity index (χ2n) is 11.4. The van der Waals surface area contributed by atoms with E-state index in [-0.39, 0.29) is 23.4 Å². The van der Waals surface area contributed by atoms with Gasteiger partial charge in [-0.1, -0.05) is 18.0 Å². The summed E-state index contributed by atoms with van der Waals surface area (Å²) >= 11 is 6.06. The van der Waals surface area contributed by atoms with Crippen LogP contribution >= 0.6 is 11.6 Å². The van der Waals surface area contributed by atoms with Crippen molar-refractivity contribution in [2.75, 3.05) is 26.2 Å². The van der Waals surface area contributed by atoms with E-state index in [1.54, 1.807) is 24.3 Å². The van der Waals surface area contributed by atoms with Crippen LogP contribution in [0.25, 0.3) is 0 Å². The van der Waals surface area contributed by atoms with Gasteiger partial charge < -0.3 is 4.90 Å². The zero-order chi connectivity index (χ0) is 23.5. The fraction of sp³-hybridized carbons (Fsp3) is 0.731. The molecule has 0 aromatic heterocycles. The van der Waals surface area contributed by atoms with Crippen LogP contribution in [0.4, 0.5) is 0 Å². The van der Waals surface area contributed by atoms with Crippen LogP contribution in [0.1, 0.15) is 64.2 Å². The molecule has 3 saturated heterocycles. The van der Waals surface area contributed by atoms with Crippen molar-refractivity contribution in [3.8, 4) is 0 Å². The van der Waals surface area contributed by atoms with E-state index < -0.39 is 10.0 Å². The van der Waals surface area contributed by atoms with E-state index in [0.717, 1.165) is 64.6 Å². The Balaban J connectivity index is 1.25. The van der Waals surface area contributed by atoms with Gasteiger partial charge in [0.1, 0.15) is 0 Å². The molecule has 0 N–H and O–H groups in total. The molecule has 5 aliphatic rings. The maximum Gasteiger partial charge on any atom is 0.243 e. The molecule has 8 heteroatoms. The Morgan fingerprint density at radius 3 is 2.44 bits per heavy atom. The summed E-state index contributed by atoms with van der Waals surface area (Å²) in [4.78, 5) is 18.4. The summed E-state index contributed by atoms with van der Waals surface area (Å²) in [5, 5.41) is 0.541. The van der Waals surface area contributed by atoms with E-state index in [1.807, 2.05) is 4.31 Å². The summed E-state index contributed by atoms with van der Waals surface area (Å²) in [6, 6.07) is 7.11. The van der Waals surface area contributed by atoms with Crippen LogP contribution in [-0.4, -0.2) is 72.7 Å². The molecule has 2 saturated carbocycles. The lowest BCUT2D eigenvalue weighted by molar-refractivity contribution is -0.136. The molecule has 186 valence electrons. The minimum Gasteiger partial charge on any atom is -0.340 e. The normalized spacial score (nSPS) is 31.9. The number of halogens is 1. The van der Waals surface area contributed by atoms with Gasteiger partial charge in [-0.15, -0.1) is 0 Å². The quantitative estimate of drug-likeness (QED) is 0.583. The van der Waals surface area contributed by atoms with E-state index in [9.17, 15) is 13.2 Å². The number of rotatable bonds is 6. The highest BCUT2D eigenvalue weighted by Crippen LogP contribution is 2.58. The SMILES string of the molecule is O=C(CC1(C2CCCC(C3CC3)N2S(=O)(=O)c2ccc(Cl)cc2)CC1)N1CCN2CCCC2C1. The van der Waals surface area contributed by atoms with Crippen LogP contribution in [-0.2, 0) is 14.8 Å². The number of piperazine rings is 1. The van der Waals surface area contributed by atoms with Crippen LogP contribution in [0.15, 0.2) is 29.2 Å². The molecule has 0 radical (unpaired) electrons. The van der Waals surface area contributed by atoms with E-state index in [4.69, 9.17) is 11.6 Å². The molecule has 6 nitrogen and oxygen atoms in total. The molecule has 3 heterocycles. The van der Waals surface area contributed by atoms with E-state index in [1.165, 1.54) is 19.4 Å². The summed E-state index contributed by atoms with van der Waals surface area (Å²) in [5.74, 6) is 0.702. The van der Waals surface area contributed by atoms with Crippen molar-refractivity contribution >= 4 is 27.5 Å². The van der Waals surface area contributed by atoms with Gasteiger partial charge in [0.15, 0.2) is 0 Å². The van der Waals surface area contributed by atoms with Crippen LogP contribution in [0.2, 0.25) is 5.02 Å². The van der Waals surface area contributed by atoms with Crippen molar-refractivity contribution in [3.05, 3.63) is 29.3 Å². The van der Waals surface area contributed by atoms with Gasteiger partial charge in [-0.2, -0.15) is 4.31 Å². The Hall–Kier alpha value is -1.15. The highest BCUT2D eigenvalue weighted by atomic mass is 35.5. The Morgan fingerprint density at radius 2 is 1.74 bits per heavy atom. The average Bonchev–Trinajstić information content (AvgIpc) is 3.77. The standard InChI is InChI=1S/C26H36ClN3O3S/c27-20-8-10-22(11-9-20)34(32,33)30-23(19-6-7-19)4-1-5-24(30)26(12-13-26)17-25(31)29-16-15-28-14-2-3-21(28)18-29/h8-11,19,21,23-24H,1-7,12-18H2. The third kappa shape index (κ3) is 4.21. The molecule has 1 aromatic carbocycles. The van der Waals surface area contributed by atoms with Crippen molar-refractivity contribution in [1.29, 1.82) is 0 Å². The molecule has 3 unspecified atom stereocenters. The summed E-state index contributed by atoms with van der Waals surface area (Å²) in [5.41, 5.74) is -0.197. The van der Waals surface area contributed by atoms with Crippen molar-refractivity contribution in [3.63, 3.8) is 0 Å². The monoisotopic (exact) mass is 505 g/mol. The minimum atomic E-state index is -3.65. The van der Waals surface area contributed by atoms with Gasteiger partial charge in [-0.05, 0) is 93.5 Å². The lowest BCUT2D eigenvalue weighted by atomic mass is 9.83. The van der Waals surface area contributed by atoms with Crippen LogP contribution in [0.5, 0.6) is 0 Å². The number of benzene rings is 1. The van der Waals surface area contributed by atoms with Crippen molar-refractivity contribution in [1.82, 2.24) is 14.1 Å². The molecular formula is C26H36ClN3O3S. The fourth-order valence-electron chi connectivity index (χ4n) is 7.00. The summed E-state index contributed by atoms with van der Waals surface area (Å²) in [6.07, 6.45) is 9.90. The number of hydrogen-bond donors (Lipinski definition) is 0. The number of nitrogens with zero attached hydrogens (tertiary/aromatic N) is 3. The molecule has 1 amide bonds. The van der Waals surface area contributed by atoms with Crippen molar-refractivity contribution in [2.24, 2.45) is 11.3 Å². The number of sulfonamides is 1. The second-order valence-corrected chi connectivity index (χ2v) is 13.6. The third-order valence-corrected chi connectivity index (χ3v) is 11.4. The van der Waals surface area contributed by atoms with Crippen molar-refractivity contribution in [2.45, 2.75) is 87.2 Å². The Kier molecular flexibility index (Phi) is 5.99. The molecule has 0 bridgehead atoms. The Bertz CT molecular complexity index is 1040. The van der Waals surface area contributed by atoms with Crippen LogP contribution < -0.4 is 0 Å². The summed E-state index contributed by atoms with van der Waals surface area (Å²) in [7, 11) is -3.65. The topological polar surface area (TPSA) is 60.9 Å². The van der Waals surface area contributed by atoms with Gasteiger partial charge in [0.05, 0.1) is 4.90 Å². The van der Waals surface area contributed by atoms with Gasteiger partial charge in [0.2, 0.25) is 15.9 Å². The van der Waals surface area contributed by atoms with Gasteiger partial charge in [0.25, 0.3) is 0 Å². The molecule has 2 aliphatic carbocycles. The molecular weight excluding hydrogens is 470 g/mol. The first-order valence-electron chi connectivity index (χ1n) is 13.2. The highest BCUT2D eigenvalue weighted by molar-refractivity contribution is 7.89. The number of amides is 1. The minimum absolute atomic E-state index is 0.0639. The Morgan fingerprint density at radius 1 is 0.971 bits per heavy atom. The summed E-state index contributed by atoms with van der Waals surface area (Å²) < 4.78 is 29.9. The fourth-order valence-corrected chi connectivity index (χ4v) is 9.15. The van der Waals surface area contributed by atoms with E-state index in [2.05, 4.69) is 9.80 Å². The first kappa shape index (κ1) is 23.3. The molecule has 6 rings (SSSR count). The third-order valence-electron chi connectivity index (χ3n) is 9.21. The van der Waals surface area contributed by atoms with Gasteiger partial charge in [0, 0.05) is 49.2 Å². The predicted octanol–water partition coefficient (Wildman–Crippen LogP) is 4.14. The number of carbonyl (C=O) groups excluding carboxylic acids is 1. The molecule has 5 fully saturated rings. The highest BCUT2D eigenvalue weighted by Gasteiger charge is 2.59. The number of piperidine rings is 1. The number of hydrogen-bond acceptors (Lipinski definition) is 4. The molecule has 1 aromatic rings. The molecule has 3 atom stereocenters. The maximum absolute atomic E-state index is 14.0. The maximum atomic E-state index is 14.0. The number of fused-ring (bicyclic) bond motifs is 1. The van der Waals surface area contributed by atoms with Gasteiger partial charge in [-0.25, -0.2) is 8.42 Å². The van der Waals surface area contributed by atoms with Crippen LogP contribution in [0.3, 0.4) is 0 Å². The lowest BCUT2D eigenvalue weighted by Crippen LogP contribution is -2.56. The summed E-state index contributed by atoms with van der Waals surface area (Å²) in [6.45, 7) is 3.80. The van der Waals surface area contributed by atoms with E-state index >= 15 is 0 Å². The molecule has 34 heavy (non-hydrogen) atoms. The Labute approximate surface area is 208 Å². The van der Waals surface area contributed by atoms with Gasteiger partial charge >= 0.3 is 0 Å². The molecule has 3 aliphatic heterocycles. The van der Waals surface area contributed by atoms with E-state index in [0.29, 0.717) is 28.3 Å². The zero-order valence-electron chi connectivity index (χ0n) is 19.9. The van der Waals surface area contributed by atoms with Crippen molar-refractivity contribution < 1.29 is 13.2 Å². The second kappa shape index (κ2) is 8.75. The first-order valence-corrected chi connectivity index (χ1v) is 15.0. The van der Waals surface area contributed by atoms with Crippen LogP contribution in [0, 0.1) is 11.3 Å². The average molecular weight is 506 g/mol. The zero-order valence-corrected chi connectivity index (χ0v) is 21.4.